The molecule has 0 radical (unpaired) electrons. The summed E-state index contributed by atoms with van der Waals surface area (Å²) < 4.78 is 11.0. The summed E-state index contributed by atoms with van der Waals surface area (Å²) in [5.74, 6) is 1.81. The normalized spacial score (nSPS) is 24.9. The second-order valence-electron chi connectivity index (χ2n) is 5.61. The Kier molecular flexibility index (Phi) is 4.38. The zero-order valence-electron chi connectivity index (χ0n) is 12.6. The molecule has 0 amide bonds. The molecule has 2 atom stereocenters. The molecule has 0 bridgehead atoms. The standard InChI is InChI=1S/C14H23N5O2/c1-3-7-15-12-17-13(19-14(18-12)20-2)16-10-6-8-21-11(10)9-4-5-9/h9-11H,3-8H2,1-2H3,(H2,15,16,17,18,19). The second-order valence-corrected chi connectivity index (χ2v) is 5.61. The van der Waals surface area contributed by atoms with Crippen LogP contribution in [0.15, 0.2) is 0 Å². The van der Waals surface area contributed by atoms with Gasteiger partial charge in [-0.2, -0.15) is 15.0 Å². The molecule has 2 unspecified atom stereocenters. The lowest BCUT2D eigenvalue weighted by molar-refractivity contribution is 0.0897. The predicted octanol–water partition coefficient (Wildman–Crippen LogP) is 1.68. The summed E-state index contributed by atoms with van der Waals surface area (Å²) in [4.78, 5) is 12.9. The van der Waals surface area contributed by atoms with E-state index in [-0.39, 0.29) is 6.04 Å². The van der Waals surface area contributed by atoms with Crippen molar-refractivity contribution in [3.8, 4) is 6.01 Å². The van der Waals surface area contributed by atoms with Gasteiger partial charge >= 0.3 is 6.01 Å². The summed E-state index contributed by atoms with van der Waals surface area (Å²) in [7, 11) is 1.56. The van der Waals surface area contributed by atoms with Gasteiger partial charge < -0.3 is 20.1 Å². The largest absolute Gasteiger partial charge is 0.467 e. The van der Waals surface area contributed by atoms with Crippen molar-refractivity contribution in [1.29, 1.82) is 0 Å². The Morgan fingerprint density at radius 2 is 2.00 bits per heavy atom. The Labute approximate surface area is 124 Å². The maximum Gasteiger partial charge on any atom is 0.322 e. The third kappa shape index (κ3) is 3.53. The van der Waals surface area contributed by atoms with Crippen LogP contribution < -0.4 is 15.4 Å². The molecule has 21 heavy (non-hydrogen) atoms. The van der Waals surface area contributed by atoms with Crippen molar-refractivity contribution in [3.05, 3.63) is 0 Å². The number of hydrogen-bond donors (Lipinski definition) is 2. The third-order valence-corrected chi connectivity index (χ3v) is 3.87. The minimum Gasteiger partial charge on any atom is -0.467 e. The molecule has 1 aliphatic carbocycles. The maximum absolute atomic E-state index is 5.83. The van der Waals surface area contributed by atoms with E-state index in [0.29, 0.717) is 29.9 Å². The van der Waals surface area contributed by atoms with Crippen molar-refractivity contribution in [2.24, 2.45) is 5.92 Å². The first-order chi connectivity index (χ1) is 10.3. The number of anilines is 2. The molecule has 2 aliphatic rings. The Morgan fingerprint density at radius 3 is 2.71 bits per heavy atom. The second kappa shape index (κ2) is 6.43. The van der Waals surface area contributed by atoms with Crippen molar-refractivity contribution in [2.75, 3.05) is 30.9 Å². The average molecular weight is 293 g/mol. The summed E-state index contributed by atoms with van der Waals surface area (Å²) in [5, 5.41) is 6.56. The molecule has 0 spiro atoms. The maximum atomic E-state index is 5.83. The van der Waals surface area contributed by atoms with Crippen molar-refractivity contribution in [1.82, 2.24) is 15.0 Å². The highest BCUT2D eigenvalue weighted by atomic mass is 16.5. The van der Waals surface area contributed by atoms with E-state index in [2.05, 4.69) is 32.5 Å². The molecule has 3 rings (SSSR count). The molecule has 1 saturated heterocycles. The lowest BCUT2D eigenvalue weighted by atomic mass is 10.1. The Bertz CT molecular complexity index is 480. The van der Waals surface area contributed by atoms with Crippen LogP contribution in [-0.4, -0.2) is 47.4 Å². The van der Waals surface area contributed by atoms with Gasteiger partial charge in [-0.1, -0.05) is 6.92 Å². The molecule has 1 aromatic rings. The van der Waals surface area contributed by atoms with E-state index in [9.17, 15) is 0 Å². The summed E-state index contributed by atoms with van der Waals surface area (Å²) in [6.07, 6.45) is 4.84. The molecule has 2 N–H and O–H groups in total. The Hall–Kier alpha value is -1.63. The van der Waals surface area contributed by atoms with Crippen molar-refractivity contribution in [3.63, 3.8) is 0 Å². The minimum absolute atomic E-state index is 0.281. The molecule has 2 fully saturated rings. The zero-order chi connectivity index (χ0) is 14.7. The van der Waals surface area contributed by atoms with Gasteiger partial charge in [-0.15, -0.1) is 0 Å². The highest BCUT2D eigenvalue weighted by Gasteiger charge is 2.40. The number of aromatic nitrogens is 3. The van der Waals surface area contributed by atoms with Gasteiger partial charge in [0.05, 0.1) is 19.3 Å². The number of methoxy groups -OCH3 is 1. The Balaban J connectivity index is 1.70. The van der Waals surface area contributed by atoms with E-state index in [4.69, 9.17) is 9.47 Å². The summed E-state index contributed by atoms with van der Waals surface area (Å²) in [6.45, 7) is 3.73. The topological polar surface area (TPSA) is 81.2 Å². The molecule has 1 saturated carbocycles. The van der Waals surface area contributed by atoms with Crippen LogP contribution in [0.1, 0.15) is 32.6 Å². The molecule has 1 aromatic heterocycles. The highest BCUT2D eigenvalue weighted by Crippen LogP contribution is 2.39. The zero-order valence-corrected chi connectivity index (χ0v) is 12.6. The molecule has 1 aliphatic heterocycles. The average Bonchev–Trinajstić information content (AvgIpc) is 3.25. The molecule has 7 heteroatoms. The molecular weight excluding hydrogens is 270 g/mol. The van der Waals surface area contributed by atoms with Gasteiger partial charge in [0.15, 0.2) is 0 Å². The van der Waals surface area contributed by atoms with Gasteiger partial charge in [0.25, 0.3) is 0 Å². The van der Waals surface area contributed by atoms with E-state index in [1.54, 1.807) is 7.11 Å². The monoisotopic (exact) mass is 293 g/mol. The van der Waals surface area contributed by atoms with Crippen molar-refractivity contribution in [2.45, 2.75) is 44.8 Å². The van der Waals surface area contributed by atoms with Crippen LogP contribution in [0.4, 0.5) is 11.9 Å². The number of nitrogens with one attached hydrogen (secondary N) is 2. The molecule has 7 nitrogen and oxygen atoms in total. The first-order valence-electron chi connectivity index (χ1n) is 7.72. The number of ether oxygens (including phenoxy) is 2. The van der Waals surface area contributed by atoms with Crippen molar-refractivity contribution >= 4 is 11.9 Å². The fourth-order valence-corrected chi connectivity index (χ4v) is 2.65. The van der Waals surface area contributed by atoms with Gasteiger partial charge in [0.1, 0.15) is 0 Å². The predicted molar refractivity (Wildman–Crippen MR) is 79.7 cm³/mol. The molecule has 2 heterocycles. The van der Waals surface area contributed by atoms with E-state index in [1.165, 1.54) is 12.8 Å². The van der Waals surface area contributed by atoms with Crippen LogP contribution in [0.25, 0.3) is 0 Å². The number of nitrogens with zero attached hydrogens (tertiary/aromatic N) is 3. The van der Waals surface area contributed by atoms with Gasteiger partial charge in [-0.05, 0) is 31.6 Å². The molecular formula is C14H23N5O2. The summed E-state index contributed by atoms with van der Waals surface area (Å²) in [5.41, 5.74) is 0. The van der Waals surface area contributed by atoms with E-state index >= 15 is 0 Å². The fraction of sp³-hybridized carbons (Fsp3) is 0.786. The van der Waals surface area contributed by atoms with Crippen LogP contribution in [0.2, 0.25) is 0 Å². The van der Waals surface area contributed by atoms with Gasteiger partial charge in [0.2, 0.25) is 11.9 Å². The Morgan fingerprint density at radius 1 is 1.19 bits per heavy atom. The van der Waals surface area contributed by atoms with E-state index in [0.717, 1.165) is 26.0 Å². The minimum atomic E-state index is 0.281. The summed E-state index contributed by atoms with van der Waals surface area (Å²) in [6, 6.07) is 0.608. The lowest BCUT2D eigenvalue weighted by Gasteiger charge is -2.19. The third-order valence-electron chi connectivity index (χ3n) is 3.87. The van der Waals surface area contributed by atoms with Crippen molar-refractivity contribution < 1.29 is 9.47 Å². The van der Waals surface area contributed by atoms with Crippen LogP contribution >= 0.6 is 0 Å². The summed E-state index contributed by atoms with van der Waals surface area (Å²) >= 11 is 0. The van der Waals surface area contributed by atoms with Gasteiger partial charge in [-0.25, -0.2) is 0 Å². The van der Waals surface area contributed by atoms with Crippen LogP contribution in [0, 0.1) is 5.92 Å². The SMILES string of the molecule is CCCNc1nc(NC2CCOC2C2CC2)nc(OC)n1. The van der Waals surface area contributed by atoms with Crippen LogP contribution in [0.5, 0.6) is 6.01 Å². The number of rotatable bonds is 7. The lowest BCUT2D eigenvalue weighted by Crippen LogP contribution is -2.31. The van der Waals surface area contributed by atoms with Crippen LogP contribution in [0.3, 0.4) is 0 Å². The first kappa shape index (κ1) is 14.3. The van der Waals surface area contributed by atoms with E-state index in [1.807, 2.05) is 0 Å². The van der Waals surface area contributed by atoms with E-state index < -0.39 is 0 Å². The number of hydrogen-bond acceptors (Lipinski definition) is 7. The first-order valence-corrected chi connectivity index (χ1v) is 7.72. The highest BCUT2D eigenvalue weighted by molar-refractivity contribution is 5.37. The van der Waals surface area contributed by atoms with Gasteiger partial charge in [0, 0.05) is 13.2 Å². The molecule has 0 aromatic carbocycles. The quantitative estimate of drug-likeness (QED) is 0.791. The van der Waals surface area contributed by atoms with Crippen LogP contribution in [-0.2, 0) is 4.74 Å². The fourth-order valence-electron chi connectivity index (χ4n) is 2.65. The van der Waals surface area contributed by atoms with Gasteiger partial charge in [-0.3, -0.25) is 0 Å². The smallest absolute Gasteiger partial charge is 0.322 e. The molecule has 116 valence electrons.